The number of nitrogens with one attached hydrogen (secondary N) is 1. The van der Waals surface area contributed by atoms with E-state index < -0.39 is 17.8 Å². The fourth-order valence-electron chi connectivity index (χ4n) is 1.82. The maximum atomic E-state index is 12.6. The molecular formula is C16H13F3N2O4. The van der Waals surface area contributed by atoms with Gasteiger partial charge in [0.25, 0.3) is 0 Å². The molecule has 0 saturated carbocycles. The van der Waals surface area contributed by atoms with Crippen molar-refractivity contribution in [2.45, 2.75) is 6.18 Å². The Morgan fingerprint density at radius 3 is 2.68 bits per heavy atom. The van der Waals surface area contributed by atoms with E-state index in [0.717, 1.165) is 18.2 Å². The molecule has 0 saturated heterocycles. The molecule has 132 valence electrons. The predicted molar refractivity (Wildman–Crippen MR) is 83.8 cm³/mol. The quantitative estimate of drug-likeness (QED) is 0.494. The van der Waals surface area contributed by atoms with Gasteiger partial charge in [0.05, 0.1) is 18.9 Å². The number of carbonyl (C=O) groups is 1. The van der Waals surface area contributed by atoms with Crippen LogP contribution in [0.25, 0.3) is 0 Å². The molecule has 0 radical (unpaired) electrons. The minimum Gasteiger partial charge on any atom is -0.504 e. The molecule has 0 aliphatic carbocycles. The van der Waals surface area contributed by atoms with Crippen molar-refractivity contribution in [3.05, 3.63) is 53.6 Å². The number of methoxy groups -OCH3 is 1. The fourth-order valence-corrected chi connectivity index (χ4v) is 1.82. The summed E-state index contributed by atoms with van der Waals surface area (Å²) in [7, 11) is 1.37. The Bertz CT molecular complexity index is 791. The van der Waals surface area contributed by atoms with Crippen molar-refractivity contribution >= 4 is 18.0 Å². The number of phenols is 1. The summed E-state index contributed by atoms with van der Waals surface area (Å²) < 4.78 is 42.7. The summed E-state index contributed by atoms with van der Waals surface area (Å²) in [6, 6.07) is 8.41. The number of aromatic hydroxyl groups is 1. The second-order valence-corrected chi connectivity index (χ2v) is 4.75. The van der Waals surface area contributed by atoms with E-state index in [0.29, 0.717) is 5.56 Å². The lowest BCUT2D eigenvalue weighted by Crippen LogP contribution is -2.12. The molecule has 6 nitrogen and oxygen atoms in total. The number of oxime groups is 1. The molecule has 2 rings (SSSR count). The Morgan fingerprint density at radius 2 is 2.00 bits per heavy atom. The number of carbonyl (C=O) groups excluding carboxylic acids is 1. The molecule has 0 aliphatic rings. The Hall–Kier alpha value is -3.23. The summed E-state index contributed by atoms with van der Waals surface area (Å²) in [4.78, 5) is 16.1. The topological polar surface area (TPSA) is 80.2 Å². The van der Waals surface area contributed by atoms with Crippen molar-refractivity contribution in [1.82, 2.24) is 0 Å². The van der Waals surface area contributed by atoms with Crippen molar-refractivity contribution < 1.29 is 32.6 Å². The van der Waals surface area contributed by atoms with Crippen molar-refractivity contribution in [3.63, 3.8) is 0 Å². The first-order valence-corrected chi connectivity index (χ1v) is 6.85. The molecule has 0 atom stereocenters. The van der Waals surface area contributed by atoms with Gasteiger partial charge in [0, 0.05) is 11.3 Å². The number of nitrogens with zero attached hydrogens (tertiary/aromatic N) is 1. The smallest absolute Gasteiger partial charge is 0.437 e. The van der Waals surface area contributed by atoms with Crippen molar-refractivity contribution in [3.8, 4) is 11.5 Å². The second-order valence-electron chi connectivity index (χ2n) is 4.75. The molecule has 0 aliphatic heterocycles. The summed E-state index contributed by atoms with van der Waals surface area (Å²) in [6.07, 6.45) is -4.40. The Morgan fingerprint density at radius 1 is 1.24 bits per heavy atom. The first-order chi connectivity index (χ1) is 11.8. The highest BCUT2D eigenvalue weighted by molar-refractivity contribution is 5.86. The van der Waals surface area contributed by atoms with Crippen LogP contribution >= 0.6 is 0 Å². The number of hydrogen-bond donors (Lipinski definition) is 2. The van der Waals surface area contributed by atoms with Gasteiger partial charge in [-0.25, -0.2) is 4.79 Å². The van der Waals surface area contributed by atoms with E-state index in [1.807, 2.05) is 0 Å². The van der Waals surface area contributed by atoms with Gasteiger partial charge in [0.2, 0.25) is 0 Å². The molecular weight excluding hydrogens is 341 g/mol. The molecule has 0 spiro atoms. The third-order valence-electron chi connectivity index (χ3n) is 2.98. The number of alkyl halides is 3. The van der Waals surface area contributed by atoms with E-state index in [2.05, 4.69) is 15.3 Å². The Labute approximate surface area is 140 Å². The molecule has 2 aromatic rings. The SMILES string of the molecule is COc1cc(/C=N\OC(=O)Nc2cccc(C(F)(F)F)c2)ccc1O. The molecule has 0 heterocycles. The molecule has 9 heteroatoms. The van der Waals surface area contributed by atoms with Crippen LogP contribution in [0.15, 0.2) is 47.6 Å². The summed E-state index contributed by atoms with van der Waals surface area (Å²) in [6.45, 7) is 0. The summed E-state index contributed by atoms with van der Waals surface area (Å²) >= 11 is 0. The number of amides is 1. The van der Waals surface area contributed by atoms with Crippen LogP contribution in [0.4, 0.5) is 23.7 Å². The molecule has 2 N–H and O–H groups in total. The third-order valence-corrected chi connectivity index (χ3v) is 2.98. The zero-order valence-electron chi connectivity index (χ0n) is 12.9. The number of halogens is 3. The van der Waals surface area contributed by atoms with E-state index in [-0.39, 0.29) is 17.2 Å². The highest BCUT2D eigenvalue weighted by atomic mass is 19.4. The molecule has 2 aromatic carbocycles. The van der Waals surface area contributed by atoms with Crippen LogP contribution in [0.2, 0.25) is 0 Å². The average Bonchev–Trinajstić information content (AvgIpc) is 2.56. The molecule has 0 unspecified atom stereocenters. The molecule has 25 heavy (non-hydrogen) atoms. The maximum Gasteiger partial charge on any atom is 0.437 e. The lowest BCUT2D eigenvalue weighted by Gasteiger charge is -2.08. The maximum absolute atomic E-state index is 12.6. The molecule has 0 aromatic heterocycles. The lowest BCUT2D eigenvalue weighted by molar-refractivity contribution is -0.137. The number of rotatable bonds is 4. The normalized spacial score (nSPS) is 11.4. The largest absolute Gasteiger partial charge is 0.504 e. The first kappa shape index (κ1) is 18.1. The van der Waals surface area contributed by atoms with Crippen LogP contribution < -0.4 is 10.1 Å². The average molecular weight is 354 g/mol. The van der Waals surface area contributed by atoms with Gasteiger partial charge in [-0.05, 0) is 36.4 Å². The number of anilines is 1. The van der Waals surface area contributed by atoms with Crippen LogP contribution in [0, 0.1) is 0 Å². The van der Waals surface area contributed by atoms with E-state index in [1.54, 1.807) is 0 Å². The first-order valence-electron chi connectivity index (χ1n) is 6.85. The highest BCUT2D eigenvalue weighted by Crippen LogP contribution is 2.30. The van der Waals surface area contributed by atoms with Crippen molar-refractivity contribution in [2.75, 3.05) is 12.4 Å². The Balaban J connectivity index is 1.97. The standard InChI is InChI=1S/C16H13F3N2O4/c1-24-14-7-10(5-6-13(14)22)9-20-25-15(23)21-12-4-2-3-11(8-12)16(17,18)19/h2-9,22H,1H3,(H,21,23)/b20-9-. The lowest BCUT2D eigenvalue weighted by atomic mass is 10.2. The molecule has 0 bridgehead atoms. The van der Waals surface area contributed by atoms with Gasteiger partial charge in [-0.2, -0.15) is 13.2 Å². The molecule has 0 fully saturated rings. The van der Waals surface area contributed by atoms with Gasteiger partial charge in [0.1, 0.15) is 0 Å². The van der Waals surface area contributed by atoms with Crippen molar-refractivity contribution in [1.29, 1.82) is 0 Å². The minimum absolute atomic E-state index is 0.0668. The fraction of sp³-hybridized carbons (Fsp3) is 0.125. The Kier molecular flexibility index (Phi) is 5.48. The van der Waals surface area contributed by atoms with Crippen LogP contribution in [-0.4, -0.2) is 24.5 Å². The number of benzene rings is 2. The van der Waals surface area contributed by atoms with Gasteiger partial charge in [-0.3, -0.25) is 10.2 Å². The third kappa shape index (κ3) is 5.13. The molecule has 1 amide bonds. The summed E-state index contributed by atoms with van der Waals surface area (Å²) in [5, 5.41) is 15.0. The monoisotopic (exact) mass is 354 g/mol. The van der Waals surface area contributed by atoms with Crippen molar-refractivity contribution in [2.24, 2.45) is 5.16 Å². The predicted octanol–water partition coefficient (Wildman–Crippen LogP) is 4.00. The summed E-state index contributed by atoms with van der Waals surface area (Å²) in [5.41, 5.74) is -0.507. The minimum atomic E-state index is -4.52. The van der Waals surface area contributed by atoms with Gasteiger partial charge in [-0.1, -0.05) is 11.2 Å². The number of hydrogen-bond acceptors (Lipinski definition) is 5. The van der Waals surface area contributed by atoms with E-state index in [9.17, 15) is 23.1 Å². The summed E-state index contributed by atoms with van der Waals surface area (Å²) in [5.74, 6) is 0.139. The van der Waals surface area contributed by atoms with E-state index in [1.165, 1.54) is 37.6 Å². The van der Waals surface area contributed by atoms with E-state index in [4.69, 9.17) is 4.74 Å². The van der Waals surface area contributed by atoms with Gasteiger partial charge in [0.15, 0.2) is 11.5 Å². The second kappa shape index (κ2) is 7.56. The van der Waals surface area contributed by atoms with E-state index >= 15 is 0 Å². The van der Waals surface area contributed by atoms with Crippen LogP contribution in [0.5, 0.6) is 11.5 Å². The van der Waals surface area contributed by atoms with Gasteiger partial charge >= 0.3 is 12.3 Å². The number of phenolic OH excluding ortho intramolecular Hbond substituents is 1. The van der Waals surface area contributed by atoms with Crippen LogP contribution in [-0.2, 0) is 11.0 Å². The number of ether oxygens (including phenoxy) is 1. The highest BCUT2D eigenvalue weighted by Gasteiger charge is 2.30. The van der Waals surface area contributed by atoms with Gasteiger partial charge < -0.3 is 9.84 Å². The van der Waals surface area contributed by atoms with Crippen LogP contribution in [0.1, 0.15) is 11.1 Å². The zero-order valence-corrected chi connectivity index (χ0v) is 12.9. The van der Waals surface area contributed by atoms with Crippen LogP contribution in [0.3, 0.4) is 0 Å². The van der Waals surface area contributed by atoms with Gasteiger partial charge in [-0.15, -0.1) is 0 Å². The zero-order chi connectivity index (χ0) is 18.4.